The maximum atomic E-state index is 9.49. The summed E-state index contributed by atoms with van der Waals surface area (Å²) in [6.45, 7) is 2.02. The molecule has 0 N–H and O–H groups in total. The molecule has 0 radical (unpaired) electrons. The number of methoxy groups -OCH3 is 1. The number of halogens is 1. The molecule has 1 unspecified atom stereocenters. The van der Waals surface area contributed by atoms with E-state index < -0.39 is 0 Å². The predicted octanol–water partition coefficient (Wildman–Crippen LogP) is 4.62. The molecule has 0 amide bonds. The predicted molar refractivity (Wildman–Crippen MR) is 83.9 cm³/mol. The maximum absolute atomic E-state index is 9.49. The Morgan fingerprint density at radius 1 is 1.20 bits per heavy atom. The zero-order chi connectivity index (χ0) is 14.5. The topological polar surface area (TPSA) is 33.0 Å². The van der Waals surface area contributed by atoms with E-state index >= 15 is 0 Å². The second-order valence-corrected chi connectivity index (χ2v) is 5.67. The largest absolute Gasteiger partial charge is 0.496 e. The fourth-order valence-corrected chi connectivity index (χ4v) is 2.47. The third kappa shape index (κ3) is 3.40. The molecule has 0 saturated heterocycles. The lowest BCUT2D eigenvalue weighted by molar-refractivity contribution is 0.408. The number of benzene rings is 2. The third-order valence-electron chi connectivity index (χ3n) is 3.27. The number of nitrogens with zero attached hydrogens (tertiary/aromatic N) is 1. The van der Waals surface area contributed by atoms with E-state index in [0.29, 0.717) is 6.42 Å². The van der Waals surface area contributed by atoms with Crippen molar-refractivity contribution in [3.63, 3.8) is 0 Å². The van der Waals surface area contributed by atoms with Crippen LogP contribution in [0, 0.1) is 18.3 Å². The molecule has 0 spiro atoms. The van der Waals surface area contributed by atoms with Crippen LogP contribution in [0.5, 0.6) is 5.75 Å². The lowest BCUT2D eigenvalue weighted by Crippen LogP contribution is -2.03. The van der Waals surface area contributed by atoms with Gasteiger partial charge in [-0.2, -0.15) is 5.26 Å². The highest BCUT2D eigenvalue weighted by Gasteiger charge is 2.16. The van der Waals surface area contributed by atoms with Gasteiger partial charge in [0.05, 0.1) is 19.1 Å². The quantitative estimate of drug-likeness (QED) is 0.820. The zero-order valence-electron chi connectivity index (χ0n) is 11.6. The average Bonchev–Trinajstić information content (AvgIpc) is 2.46. The second-order valence-electron chi connectivity index (χ2n) is 4.76. The SMILES string of the molecule is COc1ccc(C)cc1C(C#N)Cc1ccc(Br)cc1. The standard InChI is InChI=1S/C17H16BrNO/c1-12-3-8-17(20-2)16(9-12)14(11-19)10-13-4-6-15(18)7-5-13/h3-9,14H,10H2,1-2H3. The first-order valence-electron chi connectivity index (χ1n) is 6.42. The van der Waals surface area contributed by atoms with Gasteiger partial charge in [-0.15, -0.1) is 0 Å². The van der Waals surface area contributed by atoms with Crippen LogP contribution < -0.4 is 4.74 Å². The van der Waals surface area contributed by atoms with Crippen molar-refractivity contribution in [2.75, 3.05) is 7.11 Å². The molecule has 0 aliphatic heterocycles. The van der Waals surface area contributed by atoms with Crippen molar-refractivity contribution < 1.29 is 4.74 Å². The minimum atomic E-state index is -0.203. The molecule has 0 fully saturated rings. The van der Waals surface area contributed by atoms with Gasteiger partial charge in [0.1, 0.15) is 5.75 Å². The number of nitriles is 1. The Labute approximate surface area is 128 Å². The van der Waals surface area contributed by atoms with Crippen LogP contribution >= 0.6 is 15.9 Å². The molecule has 2 aromatic rings. The zero-order valence-corrected chi connectivity index (χ0v) is 13.1. The van der Waals surface area contributed by atoms with Crippen molar-refractivity contribution in [1.29, 1.82) is 5.26 Å². The molecule has 1 atom stereocenters. The summed E-state index contributed by atoms with van der Waals surface area (Å²) in [7, 11) is 1.64. The van der Waals surface area contributed by atoms with Crippen molar-refractivity contribution >= 4 is 15.9 Å². The van der Waals surface area contributed by atoms with Crippen LogP contribution in [0.3, 0.4) is 0 Å². The van der Waals surface area contributed by atoms with Crippen LogP contribution in [-0.4, -0.2) is 7.11 Å². The first-order valence-corrected chi connectivity index (χ1v) is 7.22. The second kappa shape index (κ2) is 6.58. The van der Waals surface area contributed by atoms with E-state index in [4.69, 9.17) is 4.74 Å². The van der Waals surface area contributed by atoms with Gasteiger partial charge >= 0.3 is 0 Å². The highest BCUT2D eigenvalue weighted by Crippen LogP contribution is 2.30. The lowest BCUT2D eigenvalue weighted by Gasteiger charge is -2.14. The van der Waals surface area contributed by atoms with Gasteiger partial charge in [0.25, 0.3) is 0 Å². The van der Waals surface area contributed by atoms with Crippen LogP contribution in [0.4, 0.5) is 0 Å². The van der Waals surface area contributed by atoms with Gasteiger partial charge in [-0.3, -0.25) is 0 Å². The highest BCUT2D eigenvalue weighted by molar-refractivity contribution is 9.10. The van der Waals surface area contributed by atoms with Crippen LogP contribution in [0.15, 0.2) is 46.9 Å². The van der Waals surface area contributed by atoms with Crippen LogP contribution in [0.2, 0.25) is 0 Å². The third-order valence-corrected chi connectivity index (χ3v) is 3.80. The Morgan fingerprint density at radius 3 is 2.50 bits per heavy atom. The first kappa shape index (κ1) is 14.6. The fraction of sp³-hybridized carbons (Fsp3) is 0.235. The summed E-state index contributed by atoms with van der Waals surface area (Å²) in [6, 6.07) is 16.4. The van der Waals surface area contributed by atoms with Gasteiger partial charge in [-0.25, -0.2) is 0 Å². The van der Waals surface area contributed by atoms with Gasteiger partial charge in [-0.05, 0) is 37.1 Å². The molecular weight excluding hydrogens is 314 g/mol. The van der Waals surface area contributed by atoms with E-state index in [1.807, 2.05) is 49.4 Å². The van der Waals surface area contributed by atoms with E-state index in [0.717, 1.165) is 26.9 Å². The van der Waals surface area contributed by atoms with Gasteiger partial charge in [0.15, 0.2) is 0 Å². The Morgan fingerprint density at radius 2 is 1.90 bits per heavy atom. The van der Waals surface area contributed by atoms with Crippen molar-refractivity contribution in [1.82, 2.24) is 0 Å². The van der Waals surface area contributed by atoms with Crippen molar-refractivity contribution in [2.24, 2.45) is 0 Å². The van der Waals surface area contributed by atoms with Gasteiger partial charge < -0.3 is 4.74 Å². The summed E-state index contributed by atoms with van der Waals surface area (Å²) in [5.74, 6) is 0.574. The Bertz CT molecular complexity index is 628. The normalized spacial score (nSPS) is 11.7. The summed E-state index contributed by atoms with van der Waals surface area (Å²) in [5.41, 5.74) is 3.23. The molecule has 0 heterocycles. The first-order chi connectivity index (χ1) is 9.63. The number of aryl methyl sites for hydroxylation is 1. The monoisotopic (exact) mass is 329 g/mol. The number of rotatable bonds is 4. The summed E-state index contributed by atoms with van der Waals surface area (Å²) in [5, 5.41) is 9.49. The molecule has 3 heteroatoms. The van der Waals surface area contributed by atoms with E-state index in [1.165, 1.54) is 0 Å². The Balaban J connectivity index is 2.31. The fourth-order valence-electron chi connectivity index (χ4n) is 2.21. The molecular formula is C17H16BrNO. The molecule has 102 valence electrons. The molecule has 0 bridgehead atoms. The summed E-state index contributed by atoms with van der Waals surface area (Å²) in [6.07, 6.45) is 0.684. The van der Waals surface area contributed by atoms with Crippen LogP contribution in [0.25, 0.3) is 0 Å². The molecule has 0 aliphatic rings. The Hall–Kier alpha value is -1.79. The van der Waals surface area contributed by atoms with Gasteiger partial charge in [-0.1, -0.05) is 45.8 Å². The number of hydrogen-bond acceptors (Lipinski definition) is 2. The van der Waals surface area contributed by atoms with Gasteiger partial charge in [0, 0.05) is 10.0 Å². The molecule has 0 aliphatic carbocycles. The average molecular weight is 330 g/mol. The molecule has 20 heavy (non-hydrogen) atoms. The van der Waals surface area contributed by atoms with Crippen molar-refractivity contribution in [3.05, 3.63) is 63.6 Å². The van der Waals surface area contributed by atoms with Crippen LogP contribution in [0.1, 0.15) is 22.6 Å². The highest BCUT2D eigenvalue weighted by atomic mass is 79.9. The van der Waals surface area contributed by atoms with Crippen molar-refractivity contribution in [3.8, 4) is 11.8 Å². The van der Waals surface area contributed by atoms with E-state index in [2.05, 4.69) is 22.0 Å². The summed E-state index contributed by atoms with van der Waals surface area (Å²) >= 11 is 3.42. The van der Waals surface area contributed by atoms with Crippen molar-refractivity contribution in [2.45, 2.75) is 19.3 Å². The summed E-state index contributed by atoms with van der Waals surface area (Å²) < 4.78 is 6.43. The van der Waals surface area contributed by atoms with E-state index in [9.17, 15) is 5.26 Å². The molecule has 0 saturated carbocycles. The number of hydrogen-bond donors (Lipinski definition) is 0. The smallest absolute Gasteiger partial charge is 0.123 e. The molecule has 0 aromatic heterocycles. The summed E-state index contributed by atoms with van der Waals surface area (Å²) in [4.78, 5) is 0. The van der Waals surface area contributed by atoms with E-state index in [1.54, 1.807) is 7.11 Å². The maximum Gasteiger partial charge on any atom is 0.123 e. The minimum absolute atomic E-state index is 0.203. The molecule has 2 aromatic carbocycles. The molecule has 2 nitrogen and oxygen atoms in total. The Kier molecular flexibility index (Phi) is 4.81. The number of ether oxygens (including phenoxy) is 1. The molecule has 2 rings (SSSR count). The van der Waals surface area contributed by atoms with Gasteiger partial charge in [0.2, 0.25) is 0 Å². The van der Waals surface area contributed by atoms with E-state index in [-0.39, 0.29) is 5.92 Å². The lowest BCUT2D eigenvalue weighted by atomic mass is 9.91. The minimum Gasteiger partial charge on any atom is -0.496 e. The van der Waals surface area contributed by atoms with Crippen LogP contribution in [-0.2, 0) is 6.42 Å².